The number of aromatic amines is 1. The molecule has 3 amide bonds. The Balaban J connectivity index is 1.31. The highest BCUT2D eigenvalue weighted by atomic mass is 19.3. The molecule has 5 rings (SSSR count). The summed E-state index contributed by atoms with van der Waals surface area (Å²) >= 11 is 0. The van der Waals surface area contributed by atoms with E-state index in [1.54, 1.807) is 22.8 Å². The number of piperidine rings is 2. The van der Waals surface area contributed by atoms with Gasteiger partial charge in [0, 0.05) is 67.4 Å². The Hall–Kier alpha value is -3.89. The minimum Gasteiger partial charge on any atom is -0.496 e. The van der Waals surface area contributed by atoms with Gasteiger partial charge >= 0.3 is 6.03 Å². The zero-order valence-corrected chi connectivity index (χ0v) is 24.6. The number of rotatable bonds is 6. The fourth-order valence-electron chi connectivity index (χ4n) is 6.50. The second-order valence-electron chi connectivity index (χ2n) is 11.5. The van der Waals surface area contributed by atoms with Crippen LogP contribution in [0.2, 0.25) is 0 Å². The summed E-state index contributed by atoms with van der Waals surface area (Å²) < 4.78 is 34.7. The van der Waals surface area contributed by atoms with Gasteiger partial charge in [-0.25, -0.2) is 13.6 Å². The predicted molar refractivity (Wildman–Crippen MR) is 156 cm³/mol. The fraction of sp³-hybridized carbons (Fsp3) is 0.516. The van der Waals surface area contributed by atoms with Crippen molar-refractivity contribution in [2.45, 2.75) is 65.0 Å². The molecule has 0 saturated carbocycles. The molecule has 226 valence electrons. The Kier molecular flexibility index (Phi) is 8.30. The molecule has 0 bridgehead atoms. The Bertz CT molecular complexity index is 1530. The number of amides is 3. The third kappa shape index (κ3) is 5.73. The summed E-state index contributed by atoms with van der Waals surface area (Å²) in [4.78, 5) is 45.2. The molecule has 2 saturated heterocycles. The molecule has 2 aliphatic rings. The minimum atomic E-state index is -2.68. The van der Waals surface area contributed by atoms with Gasteiger partial charge in [-0.1, -0.05) is 18.2 Å². The molecule has 0 radical (unpaired) electrons. The van der Waals surface area contributed by atoms with Crippen LogP contribution in [0.25, 0.3) is 10.9 Å². The molecule has 1 atom stereocenters. The number of carbonyl (C=O) groups excluding carboxylic acids is 2. The third-order valence-electron chi connectivity index (χ3n) is 8.92. The number of alkyl halides is 2. The Morgan fingerprint density at radius 3 is 2.40 bits per heavy atom. The summed E-state index contributed by atoms with van der Waals surface area (Å²) in [5.41, 5.74) is 3.07. The van der Waals surface area contributed by atoms with Gasteiger partial charge in [0.2, 0.25) is 0 Å². The summed E-state index contributed by atoms with van der Waals surface area (Å²) in [5.74, 6) is -2.27. The number of hydrogen-bond donors (Lipinski definition) is 2. The number of methoxy groups -OCH3 is 1. The van der Waals surface area contributed by atoms with E-state index in [1.807, 2.05) is 31.2 Å². The van der Waals surface area contributed by atoms with Crippen molar-refractivity contribution in [3.8, 4) is 5.75 Å². The normalized spacial score (nSPS) is 18.2. The number of H-pyrrole nitrogens is 1. The molecule has 42 heavy (non-hydrogen) atoms. The summed E-state index contributed by atoms with van der Waals surface area (Å²) in [6.07, 6.45) is 0.995. The summed E-state index contributed by atoms with van der Waals surface area (Å²) in [5, 5.41) is 3.75. The molecular formula is C31H39F2N5O4. The van der Waals surface area contributed by atoms with Crippen molar-refractivity contribution in [2.75, 3.05) is 33.3 Å². The van der Waals surface area contributed by atoms with E-state index in [-0.39, 0.29) is 61.9 Å². The SMILES string of the molecule is COc1cc(C)[nH]c(=O)c1CNC(=O)c1c(C)n(C(C)C2CCN(C(=O)N3CCC(F)(F)CC3)CC2)c2ccccc12. The lowest BCUT2D eigenvalue weighted by Gasteiger charge is -2.40. The number of aromatic nitrogens is 2. The van der Waals surface area contributed by atoms with Crippen molar-refractivity contribution in [3.63, 3.8) is 0 Å². The van der Waals surface area contributed by atoms with Crippen LogP contribution in [0.4, 0.5) is 13.6 Å². The number of likely N-dealkylation sites (tertiary alicyclic amines) is 2. The van der Waals surface area contributed by atoms with Crippen molar-refractivity contribution < 1.29 is 23.1 Å². The van der Waals surface area contributed by atoms with Gasteiger partial charge < -0.3 is 29.4 Å². The van der Waals surface area contributed by atoms with E-state index in [0.717, 1.165) is 29.4 Å². The van der Waals surface area contributed by atoms with Gasteiger partial charge in [-0.2, -0.15) is 0 Å². The van der Waals surface area contributed by atoms with Crippen LogP contribution >= 0.6 is 0 Å². The average Bonchev–Trinajstić information content (AvgIpc) is 3.27. The number of nitrogens with zero attached hydrogens (tertiary/aromatic N) is 3. The van der Waals surface area contributed by atoms with E-state index in [0.29, 0.717) is 35.7 Å². The highest BCUT2D eigenvalue weighted by molar-refractivity contribution is 6.08. The molecule has 2 aliphatic heterocycles. The number of fused-ring (bicyclic) bond motifs is 1. The van der Waals surface area contributed by atoms with Gasteiger partial charge in [-0.05, 0) is 51.7 Å². The molecule has 2 aromatic heterocycles. The van der Waals surface area contributed by atoms with Crippen molar-refractivity contribution in [1.29, 1.82) is 0 Å². The number of para-hydroxylation sites is 1. The predicted octanol–water partition coefficient (Wildman–Crippen LogP) is 5.01. The number of carbonyl (C=O) groups is 2. The zero-order chi connectivity index (χ0) is 30.2. The lowest BCUT2D eigenvalue weighted by atomic mass is 9.90. The zero-order valence-electron chi connectivity index (χ0n) is 24.6. The Morgan fingerprint density at radius 2 is 1.74 bits per heavy atom. The number of aryl methyl sites for hydroxylation is 1. The topological polar surface area (TPSA) is 99.7 Å². The second-order valence-corrected chi connectivity index (χ2v) is 11.5. The first-order valence-electron chi connectivity index (χ1n) is 14.6. The Morgan fingerprint density at radius 1 is 1.10 bits per heavy atom. The summed E-state index contributed by atoms with van der Waals surface area (Å²) in [6.45, 7) is 7.19. The van der Waals surface area contributed by atoms with E-state index in [9.17, 15) is 23.2 Å². The summed E-state index contributed by atoms with van der Waals surface area (Å²) in [6, 6.07) is 9.43. The van der Waals surface area contributed by atoms with Crippen molar-refractivity contribution >= 4 is 22.8 Å². The largest absolute Gasteiger partial charge is 0.496 e. The number of urea groups is 1. The van der Waals surface area contributed by atoms with Crippen LogP contribution in [-0.4, -0.2) is 70.5 Å². The standard InChI is InChI=1S/C31H39F2N5O4/c1-19-17-26(42-4)24(28(39)35-19)18-34-29(40)27-21(3)38(25-8-6-5-7-23(25)27)20(2)22-9-13-36(14-10-22)30(41)37-15-11-31(32,33)12-16-37/h5-8,17,20,22H,9-16,18H2,1-4H3,(H,34,40)(H,35,39). The van der Waals surface area contributed by atoms with Gasteiger partial charge in [-0.15, -0.1) is 0 Å². The molecule has 2 N–H and O–H groups in total. The highest BCUT2D eigenvalue weighted by Crippen LogP contribution is 2.36. The van der Waals surface area contributed by atoms with Crippen LogP contribution < -0.4 is 15.6 Å². The van der Waals surface area contributed by atoms with E-state index in [4.69, 9.17) is 4.74 Å². The van der Waals surface area contributed by atoms with Crippen LogP contribution in [0.3, 0.4) is 0 Å². The first-order chi connectivity index (χ1) is 20.0. The smallest absolute Gasteiger partial charge is 0.320 e. The van der Waals surface area contributed by atoms with Gasteiger partial charge in [0.15, 0.2) is 0 Å². The highest BCUT2D eigenvalue weighted by Gasteiger charge is 2.38. The number of pyridine rings is 1. The maximum atomic E-state index is 13.6. The quantitative estimate of drug-likeness (QED) is 0.426. The molecule has 2 fully saturated rings. The van der Waals surface area contributed by atoms with E-state index in [2.05, 4.69) is 21.8 Å². The number of hydrogen-bond acceptors (Lipinski definition) is 4. The van der Waals surface area contributed by atoms with E-state index in [1.165, 1.54) is 7.11 Å². The van der Waals surface area contributed by atoms with Gasteiger partial charge in [0.05, 0.1) is 24.8 Å². The molecule has 0 spiro atoms. The number of halogens is 2. The number of benzene rings is 1. The molecule has 1 unspecified atom stereocenters. The maximum Gasteiger partial charge on any atom is 0.320 e. The van der Waals surface area contributed by atoms with Crippen LogP contribution in [0, 0.1) is 19.8 Å². The van der Waals surface area contributed by atoms with Crippen LogP contribution in [0.1, 0.15) is 66.0 Å². The molecule has 3 aromatic rings. The average molecular weight is 584 g/mol. The van der Waals surface area contributed by atoms with Gasteiger partial charge in [-0.3, -0.25) is 9.59 Å². The van der Waals surface area contributed by atoms with Gasteiger partial charge in [0.25, 0.3) is 17.4 Å². The third-order valence-corrected chi connectivity index (χ3v) is 8.92. The van der Waals surface area contributed by atoms with E-state index < -0.39 is 5.92 Å². The van der Waals surface area contributed by atoms with Gasteiger partial charge in [0.1, 0.15) is 5.75 Å². The van der Waals surface area contributed by atoms with Crippen molar-refractivity contribution in [3.05, 3.63) is 63.2 Å². The lowest BCUT2D eigenvalue weighted by molar-refractivity contribution is -0.0496. The second kappa shape index (κ2) is 11.8. The van der Waals surface area contributed by atoms with E-state index >= 15 is 0 Å². The first-order valence-corrected chi connectivity index (χ1v) is 14.6. The fourth-order valence-corrected chi connectivity index (χ4v) is 6.50. The molecule has 1 aromatic carbocycles. The molecule has 4 heterocycles. The van der Waals surface area contributed by atoms with Crippen LogP contribution in [0.15, 0.2) is 35.1 Å². The number of ether oxygens (including phenoxy) is 1. The van der Waals surface area contributed by atoms with Crippen molar-refractivity contribution in [1.82, 2.24) is 24.7 Å². The molecule has 9 nitrogen and oxygen atoms in total. The minimum absolute atomic E-state index is 0.0211. The monoisotopic (exact) mass is 583 g/mol. The lowest BCUT2D eigenvalue weighted by Crippen LogP contribution is -2.51. The maximum absolute atomic E-state index is 13.6. The molecule has 0 aliphatic carbocycles. The van der Waals surface area contributed by atoms with Crippen LogP contribution in [0.5, 0.6) is 5.75 Å². The molecule has 11 heteroatoms. The van der Waals surface area contributed by atoms with Crippen LogP contribution in [-0.2, 0) is 6.54 Å². The number of nitrogens with one attached hydrogen (secondary N) is 2. The summed E-state index contributed by atoms with van der Waals surface area (Å²) in [7, 11) is 1.49. The van der Waals surface area contributed by atoms with Crippen molar-refractivity contribution in [2.24, 2.45) is 5.92 Å². The Labute approximate surface area is 243 Å². The molecular weight excluding hydrogens is 544 g/mol. The first kappa shape index (κ1) is 29.6.